The molecule has 186 valence electrons. The molecule has 5 nitrogen and oxygen atoms in total. The lowest BCUT2D eigenvalue weighted by atomic mass is 9.69. The third-order valence-corrected chi connectivity index (χ3v) is 8.05. The first kappa shape index (κ1) is 23.9. The Hall–Kier alpha value is -2.80. The summed E-state index contributed by atoms with van der Waals surface area (Å²) in [6, 6.07) is 12.8. The van der Waals surface area contributed by atoms with Crippen molar-refractivity contribution in [2.45, 2.75) is 57.0 Å². The molecule has 2 aromatic rings. The first-order chi connectivity index (χ1) is 17.0. The SMILES string of the molecule is O=C(CCC[C@@H]1[C@H]2CCCN3CCC[C@@H](CN1C(=O)c1cc(F)ccc1F)[C@@H]23)Nc1ccccc1. The van der Waals surface area contributed by atoms with Crippen LogP contribution in [-0.2, 0) is 4.79 Å². The lowest BCUT2D eigenvalue weighted by Gasteiger charge is -2.57. The van der Waals surface area contributed by atoms with Gasteiger partial charge >= 0.3 is 0 Å². The molecule has 3 heterocycles. The van der Waals surface area contributed by atoms with Crippen molar-refractivity contribution in [2.75, 3.05) is 25.0 Å². The lowest BCUT2D eigenvalue weighted by molar-refractivity contribution is -0.116. The maximum absolute atomic E-state index is 14.6. The number of carbonyl (C=O) groups is 2. The van der Waals surface area contributed by atoms with Gasteiger partial charge in [0.25, 0.3) is 5.91 Å². The van der Waals surface area contributed by atoms with Crippen LogP contribution in [0.2, 0.25) is 0 Å². The largest absolute Gasteiger partial charge is 0.335 e. The standard InChI is InChI=1S/C28H33F2N3O2/c29-20-13-14-24(30)23(17-20)28(35)33-18-19-7-5-15-32-16-6-10-22(27(19)32)25(33)11-4-12-26(34)31-21-8-2-1-3-9-21/h1-3,8-9,13-14,17,19,22,25,27H,4-7,10-12,15-16,18H2,(H,31,34)/t19-,22+,25+,27-/m0/s1. The molecule has 2 aromatic carbocycles. The van der Waals surface area contributed by atoms with E-state index in [1.54, 1.807) is 0 Å². The van der Waals surface area contributed by atoms with Crippen LogP contribution in [0, 0.1) is 23.5 Å². The van der Waals surface area contributed by atoms with E-state index >= 15 is 0 Å². The Morgan fingerprint density at radius 3 is 2.57 bits per heavy atom. The molecule has 0 bridgehead atoms. The quantitative estimate of drug-likeness (QED) is 0.626. The summed E-state index contributed by atoms with van der Waals surface area (Å²) in [5.74, 6) is -1.13. The number of likely N-dealkylation sites (tertiary alicyclic amines) is 1. The summed E-state index contributed by atoms with van der Waals surface area (Å²) in [5, 5.41) is 2.92. The zero-order chi connectivity index (χ0) is 24.4. The molecule has 5 rings (SSSR count). The molecule has 1 N–H and O–H groups in total. The monoisotopic (exact) mass is 481 g/mol. The molecule has 0 aliphatic carbocycles. The Labute approximate surface area is 205 Å². The number of anilines is 1. The minimum absolute atomic E-state index is 0.0538. The average molecular weight is 482 g/mol. The number of halogens is 2. The Bertz CT molecular complexity index is 1060. The third-order valence-electron chi connectivity index (χ3n) is 8.05. The summed E-state index contributed by atoms with van der Waals surface area (Å²) in [4.78, 5) is 30.5. The van der Waals surface area contributed by atoms with Crippen LogP contribution in [0.15, 0.2) is 48.5 Å². The molecule has 7 heteroatoms. The Morgan fingerprint density at radius 2 is 1.77 bits per heavy atom. The number of carbonyl (C=O) groups excluding carboxylic acids is 2. The Balaban J connectivity index is 1.34. The van der Waals surface area contributed by atoms with Gasteiger partial charge in [0.2, 0.25) is 5.91 Å². The van der Waals surface area contributed by atoms with Gasteiger partial charge in [0, 0.05) is 30.7 Å². The summed E-state index contributed by atoms with van der Waals surface area (Å²) >= 11 is 0. The third kappa shape index (κ3) is 5.10. The first-order valence-corrected chi connectivity index (χ1v) is 12.9. The van der Waals surface area contributed by atoms with Gasteiger partial charge in [-0.1, -0.05) is 18.2 Å². The molecule has 3 fully saturated rings. The van der Waals surface area contributed by atoms with Crippen molar-refractivity contribution >= 4 is 17.5 Å². The summed E-state index contributed by atoms with van der Waals surface area (Å²) in [6.07, 6.45) is 5.92. The predicted octanol–water partition coefficient (Wildman–Crippen LogP) is 5.09. The molecule has 0 unspecified atom stereocenters. The number of hydrogen-bond donors (Lipinski definition) is 1. The highest BCUT2D eigenvalue weighted by molar-refractivity contribution is 5.95. The van der Waals surface area contributed by atoms with Crippen molar-refractivity contribution in [1.82, 2.24) is 9.80 Å². The summed E-state index contributed by atoms with van der Waals surface area (Å²) in [6.45, 7) is 2.75. The number of amides is 2. The summed E-state index contributed by atoms with van der Waals surface area (Å²) in [7, 11) is 0. The second-order valence-corrected chi connectivity index (χ2v) is 10.2. The highest BCUT2D eigenvalue weighted by atomic mass is 19.1. The van der Waals surface area contributed by atoms with Crippen LogP contribution >= 0.6 is 0 Å². The van der Waals surface area contributed by atoms with Crippen molar-refractivity contribution in [2.24, 2.45) is 11.8 Å². The predicted molar refractivity (Wildman–Crippen MR) is 131 cm³/mol. The smallest absolute Gasteiger partial charge is 0.257 e. The van der Waals surface area contributed by atoms with E-state index in [0.717, 1.165) is 62.7 Å². The zero-order valence-electron chi connectivity index (χ0n) is 20.0. The van der Waals surface area contributed by atoms with E-state index in [2.05, 4.69) is 10.2 Å². The highest BCUT2D eigenvalue weighted by Gasteiger charge is 2.49. The van der Waals surface area contributed by atoms with Crippen molar-refractivity contribution < 1.29 is 18.4 Å². The van der Waals surface area contributed by atoms with Crippen molar-refractivity contribution in [3.8, 4) is 0 Å². The number of benzene rings is 2. The van der Waals surface area contributed by atoms with Crippen LogP contribution in [0.4, 0.5) is 14.5 Å². The fourth-order valence-electron chi connectivity index (χ4n) is 6.63. The van der Waals surface area contributed by atoms with Crippen LogP contribution in [0.25, 0.3) is 0 Å². The van der Waals surface area contributed by atoms with Crippen molar-refractivity contribution in [1.29, 1.82) is 0 Å². The number of nitrogens with one attached hydrogen (secondary N) is 1. The van der Waals surface area contributed by atoms with Gasteiger partial charge in [0.15, 0.2) is 0 Å². The maximum atomic E-state index is 14.6. The molecule has 35 heavy (non-hydrogen) atoms. The Kier molecular flexibility index (Phi) is 7.14. The number of nitrogens with zero attached hydrogens (tertiary/aromatic N) is 2. The van der Waals surface area contributed by atoms with Crippen LogP contribution in [0.5, 0.6) is 0 Å². The molecule has 4 atom stereocenters. The van der Waals surface area contributed by atoms with Crippen LogP contribution in [0.3, 0.4) is 0 Å². The number of rotatable bonds is 6. The normalized spacial score (nSPS) is 26.2. The Morgan fingerprint density at radius 1 is 1.00 bits per heavy atom. The fourth-order valence-corrected chi connectivity index (χ4v) is 6.63. The average Bonchev–Trinajstić information content (AvgIpc) is 2.87. The van der Waals surface area contributed by atoms with E-state index < -0.39 is 17.5 Å². The minimum Gasteiger partial charge on any atom is -0.335 e. The molecule has 0 radical (unpaired) electrons. The van der Waals surface area contributed by atoms with E-state index in [-0.39, 0.29) is 17.5 Å². The molecule has 0 aromatic heterocycles. The van der Waals surface area contributed by atoms with Gasteiger partial charge in [-0.25, -0.2) is 8.78 Å². The molecule has 2 amide bonds. The van der Waals surface area contributed by atoms with Gasteiger partial charge in [0.1, 0.15) is 11.6 Å². The molecule has 3 saturated heterocycles. The van der Waals surface area contributed by atoms with Crippen LogP contribution in [-0.4, -0.2) is 53.3 Å². The summed E-state index contributed by atoms with van der Waals surface area (Å²) < 4.78 is 28.5. The fraction of sp³-hybridized carbons (Fsp3) is 0.500. The lowest BCUT2D eigenvalue weighted by Crippen LogP contribution is -2.65. The van der Waals surface area contributed by atoms with Crippen molar-refractivity contribution in [3.63, 3.8) is 0 Å². The zero-order valence-corrected chi connectivity index (χ0v) is 20.0. The van der Waals surface area contributed by atoms with E-state index in [4.69, 9.17) is 0 Å². The molecule has 3 aliphatic rings. The number of para-hydroxylation sites is 1. The van der Waals surface area contributed by atoms with Gasteiger partial charge in [-0.05, 0) is 93.8 Å². The molecular weight excluding hydrogens is 448 g/mol. The van der Waals surface area contributed by atoms with Crippen molar-refractivity contribution in [3.05, 3.63) is 65.7 Å². The topological polar surface area (TPSA) is 52.7 Å². The van der Waals surface area contributed by atoms with Crippen LogP contribution in [0.1, 0.15) is 55.3 Å². The highest BCUT2D eigenvalue weighted by Crippen LogP contribution is 2.43. The molecule has 0 saturated carbocycles. The van der Waals surface area contributed by atoms with E-state index in [9.17, 15) is 18.4 Å². The van der Waals surface area contributed by atoms with Gasteiger partial charge < -0.3 is 10.2 Å². The van der Waals surface area contributed by atoms with Gasteiger partial charge in [-0.2, -0.15) is 0 Å². The summed E-state index contributed by atoms with van der Waals surface area (Å²) in [5.41, 5.74) is 0.570. The van der Waals surface area contributed by atoms with E-state index in [1.807, 2.05) is 35.2 Å². The maximum Gasteiger partial charge on any atom is 0.257 e. The second-order valence-electron chi connectivity index (χ2n) is 10.2. The number of piperidine rings is 3. The van der Waals surface area contributed by atoms with Gasteiger partial charge in [-0.15, -0.1) is 0 Å². The molecule has 3 aliphatic heterocycles. The van der Waals surface area contributed by atoms with Crippen LogP contribution < -0.4 is 5.32 Å². The van der Waals surface area contributed by atoms with E-state index in [1.165, 1.54) is 0 Å². The number of hydrogen-bond acceptors (Lipinski definition) is 3. The van der Waals surface area contributed by atoms with E-state index in [0.29, 0.717) is 43.7 Å². The first-order valence-electron chi connectivity index (χ1n) is 12.9. The van der Waals surface area contributed by atoms with Gasteiger partial charge in [0.05, 0.1) is 5.56 Å². The minimum atomic E-state index is -0.687. The second kappa shape index (κ2) is 10.4. The molecular formula is C28H33F2N3O2. The molecule has 0 spiro atoms. The van der Waals surface area contributed by atoms with Gasteiger partial charge in [-0.3, -0.25) is 14.5 Å².